The van der Waals surface area contributed by atoms with Crippen molar-refractivity contribution in [3.8, 4) is 6.07 Å². The molecule has 3 aromatic rings. The van der Waals surface area contributed by atoms with Crippen molar-refractivity contribution in [3.63, 3.8) is 0 Å². The van der Waals surface area contributed by atoms with Crippen molar-refractivity contribution in [3.05, 3.63) is 68.8 Å². The van der Waals surface area contributed by atoms with Crippen LogP contribution in [0.1, 0.15) is 34.9 Å². The summed E-state index contributed by atoms with van der Waals surface area (Å²) in [6, 6.07) is 9.67. The van der Waals surface area contributed by atoms with E-state index in [0.29, 0.717) is 23.8 Å². The highest BCUT2D eigenvalue weighted by atomic mass is 32.2. The number of rotatable bonds is 5. The van der Waals surface area contributed by atoms with Gasteiger partial charge in [-0.2, -0.15) is 5.26 Å². The van der Waals surface area contributed by atoms with Crippen molar-refractivity contribution in [2.24, 2.45) is 5.92 Å². The fraction of sp³-hybridized carbons (Fsp3) is 0.318. The van der Waals surface area contributed by atoms with E-state index in [0.717, 1.165) is 40.2 Å². The molecule has 4 rings (SSSR count). The summed E-state index contributed by atoms with van der Waals surface area (Å²) in [6.07, 6.45) is 4.90. The lowest BCUT2D eigenvalue weighted by Crippen LogP contribution is -2.23. The molecule has 0 bridgehead atoms. The number of nitriles is 1. The van der Waals surface area contributed by atoms with Gasteiger partial charge in [0, 0.05) is 17.2 Å². The molecule has 0 aliphatic heterocycles. The minimum Gasteiger partial charge on any atom is -0.283 e. The minimum absolute atomic E-state index is 0.0549. The van der Waals surface area contributed by atoms with E-state index in [1.54, 1.807) is 33.7 Å². The number of fused-ring (bicyclic) bond motifs is 3. The maximum Gasteiger partial charge on any atom is 0.263 e. The van der Waals surface area contributed by atoms with Crippen molar-refractivity contribution in [2.75, 3.05) is 0 Å². The largest absolute Gasteiger partial charge is 0.283 e. The fourth-order valence-corrected chi connectivity index (χ4v) is 6.02. The van der Waals surface area contributed by atoms with E-state index >= 15 is 0 Å². The highest BCUT2D eigenvalue weighted by molar-refractivity contribution is 7.98. The van der Waals surface area contributed by atoms with Crippen LogP contribution in [0.3, 0.4) is 0 Å². The molecule has 0 fully saturated rings. The molecule has 4 nitrogen and oxygen atoms in total. The molecule has 0 amide bonds. The molecule has 2 aromatic heterocycles. The Morgan fingerprint density at radius 2 is 2.21 bits per heavy atom. The summed E-state index contributed by atoms with van der Waals surface area (Å²) in [5.74, 6) is 1.37. The van der Waals surface area contributed by atoms with Crippen LogP contribution in [-0.2, 0) is 25.1 Å². The van der Waals surface area contributed by atoms with Crippen LogP contribution in [0.5, 0.6) is 0 Å². The predicted molar refractivity (Wildman–Crippen MR) is 116 cm³/mol. The number of nitrogens with zero attached hydrogens (tertiary/aromatic N) is 3. The van der Waals surface area contributed by atoms with Crippen molar-refractivity contribution < 1.29 is 0 Å². The van der Waals surface area contributed by atoms with Gasteiger partial charge in [0.1, 0.15) is 4.83 Å². The van der Waals surface area contributed by atoms with Crippen LogP contribution in [0.15, 0.2) is 46.9 Å². The Balaban J connectivity index is 1.72. The monoisotopic (exact) mass is 407 g/mol. The summed E-state index contributed by atoms with van der Waals surface area (Å²) in [5.41, 5.74) is 3.02. The van der Waals surface area contributed by atoms with Gasteiger partial charge < -0.3 is 0 Å². The van der Waals surface area contributed by atoms with Crippen molar-refractivity contribution in [1.82, 2.24) is 9.55 Å². The summed E-state index contributed by atoms with van der Waals surface area (Å²) in [7, 11) is 0. The van der Waals surface area contributed by atoms with Crippen LogP contribution in [0.4, 0.5) is 0 Å². The summed E-state index contributed by atoms with van der Waals surface area (Å²) >= 11 is 3.24. The maximum absolute atomic E-state index is 13.3. The number of aryl methyl sites for hydroxylation is 1. The molecule has 28 heavy (non-hydrogen) atoms. The Labute approximate surface area is 172 Å². The van der Waals surface area contributed by atoms with Gasteiger partial charge in [-0.1, -0.05) is 36.9 Å². The normalized spacial score (nSPS) is 15.9. The average molecular weight is 408 g/mol. The van der Waals surface area contributed by atoms with Crippen molar-refractivity contribution >= 4 is 33.3 Å². The second-order valence-corrected chi connectivity index (χ2v) is 9.25. The van der Waals surface area contributed by atoms with Crippen LogP contribution in [0.25, 0.3) is 10.2 Å². The highest BCUT2D eigenvalue weighted by Gasteiger charge is 2.24. The molecule has 142 valence electrons. The molecule has 6 heteroatoms. The van der Waals surface area contributed by atoms with Crippen LogP contribution in [0.2, 0.25) is 0 Å². The predicted octanol–water partition coefficient (Wildman–Crippen LogP) is 4.93. The van der Waals surface area contributed by atoms with Gasteiger partial charge in [0.05, 0.1) is 17.0 Å². The molecule has 0 saturated carbocycles. The van der Waals surface area contributed by atoms with E-state index in [1.165, 1.54) is 10.4 Å². The third-order valence-corrected chi connectivity index (χ3v) is 7.34. The maximum atomic E-state index is 13.3. The van der Waals surface area contributed by atoms with E-state index in [1.807, 2.05) is 24.3 Å². The quantitative estimate of drug-likeness (QED) is 0.342. The second-order valence-electron chi connectivity index (χ2n) is 7.23. The number of allylic oxidation sites excluding steroid dienone is 1. The Morgan fingerprint density at radius 3 is 2.93 bits per heavy atom. The Hall–Kier alpha value is -2.36. The first-order valence-electron chi connectivity index (χ1n) is 9.38. The SMILES string of the molecule is C=CCn1c(SCc2ccc(C#N)cc2)nc2sc3c(c2c1=O)CC[C@@H](C)C3. The summed E-state index contributed by atoms with van der Waals surface area (Å²) < 4.78 is 1.74. The van der Waals surface area contributed by atoms with Gasteiger partial charge in [-0.25, -0.2) is 4.98 Å². The van der Waals surface area contributed by atoms with Gasteiger partial charge in [0.2, 0.25) is 0 Å². The zero-order valence-corrected chi connectivity index (χ0v) is 17.4. The molecule has 1 aliphatic rings. The zero-order chi connectivity index (χ0) is 19.7. The van der Waals surface area contributed by atoms with E-state index in [-0.39, 0.29) is 5.56 Å². The summed E-state index contributed by atoms with van der Waals surface area (Å²) in [6.45, 7) is 6.55. The molecule has 1 aliphatic carbocycles. The van der Waals surface area contributed by atoms with E-state index in [4.69, 9.17) is 10.2 Å². The average Bonchev–Trinajstić information content (AvgIpc) is 3.06. The number of thiophene rings is 1. The van der Waals surface area contributed by atoms with Gasteiger partial charge in [0.25, 0.3) is 5.56 Å². The Morgan fingerprint density at radius 1 is 1.43 bits per heavy atom. The molecular weight excluding hydrogens is 386 g/mol. The van der Waals surface area contributed by atoms with Crippen molar-refractivity contribution in [2.45, 2.75) is 43.6 Å². The van der Waals surface area contributed by atoms with Crippen LogP contribution in [0, 0.1) is 17.2 Å². The smallest absolute Gasteiger partial charge is 0.263 e. The first kappa shape index (κ1) is 19.0. The van der Waals surface area contributed by atoms with E-state index in [2.05, 4.69) is 19.6 Å². The summed E-state index contributed by atoms with van der Waals surface area (Å²) in [4.78, 5) is 20.4. The highest BCUT2D eigenvalue weighted by Crippen LogP contribution is 2.36. The first-order chi connectivity index (χ1) is 13.6. The van der Waals surface area contributed by atoms with Gasteiger partial charge in [-0.3, -0.25) is 9.36 Å². The Bertz CT molecular complexity index is 1140. The molecule has 2 heterocycles. The minimum atomic E-state index is 0.0549. The number of aromatic nitrogens is 2. The van der Waals surface area contributed by atoms with Gasteiger partial charge in [-0.15, -0.1) is 17.9 Å². The molecule has 0 radical (unpaired) electrons. The standard InChI is InChI=1S/C22H21N3OS2/c1-3-10-25-21(26)19-17-9-4-14(2)11-18(17)28-20(19)24-22(25)27-13-16-7-5-15(12-23)6-8-16/h3,5-8,14H,1,4,9-11,13H2,2H3/t14-/m1/s1. The number of thioether (sulfide) groups is 1. The molecule has 1 aromatic carbocycles. The lowest BCUT2D eigenvalue weighted by atomic mass is 9.89. The number of hydrogen-bond acceptors (Lipinski definition) is 5. The second kappa shape index (κ2) is 7.94. The lowest BCUT2D eigenvalue weighted by molar-refractivity contribution is 0.509. The first-order valence-corrected chi connectivity index (χ1v) is 11.2. The van der Waals surface area contributed by atoms with Crippen molar-refractivity contribution in [1.29, 1.82) is 5.26 Å². The van der Waals surface area contributed by atoms with E-state index < -0.39 is 0 Å². The summed E-state index contributed by atoms with van der Waals surface area (Å²) in [5, 5.41) is 10.5. The molecule has 0 N–H and O–H groups in total. The number of benzene rings is 1. The van der Waals surface area contributed by atoms with Gasteiger partial charge in [0.15, 0.2) is 5.16 Å². The lowest BCUT2D eigenvalue weighted by Gasteiger charge is -2.17. The molecular formula is C22H21N3OS2. The topological polar surface area (TPSA) is 58.7 Å². The van der Waals surface area contributed by atoms with Crippen LogP contribution in [-0.4, -0.2) is 9.55 Å². The zero-order valence-electron chi connectivity index (χ0n) is 15.8. The molecule has 0 saturated heterocycles. The third-order valence-electron chi connectivity index (χ3n) is 5.14. The number of hydrogen-bond donors (Lipinski definition) is 0. The van der Waals surface area contributed by atoms with Crippen LogP contribution >= 0.6 is 23.1 Å². The van der Waals surface area contributed by atoms with Gasteiger partial charge >= 0.3 is 0 Å². The molecule has 1 atom stereocenters. The third kappa shape index (κ3) is 3.52. The molecule has 0 spiro atoms. The fourth-order valence-electron chi connectivity index (χ4n) is 3.63. The van der Waals surface area contributed by atoms with E-state index in [9.17, 15) is 4.79 Å². The molecule has 0 unspecified atom stereocenters. The Kier molecular flexibility index (Phi) is 5.38. The van der Waals surface area contributed by atoms with Crippen LogP contribution < -0.4 is 5.56 Å². The van der Waals surface area contributed by atoms with Gasteiger partial charge in [-0.05, 0) is 48.4 Å².